The summed E-state index contributed by atoms with van der Waals surface area (Å²) in [5.74, 6) is 0.896. The molecular weight excluding hydrogens is 400 g/mol. The quantitative estimate of drug-likeness (QED) is 0.420. The van der Waals surface area contributed by atoms with E-state index >= 15 is 0 Å². The maximum atomic E-state index is 12.6. The number of H-pyrrole nitrogens is 1. The number of hydrogen-bond donors (Lipinski definition) is 2. The Kier molecular flexibility index (Phi) is 6.07. The lowest BCUT2D eigenvalue weighted by atomic mass is 10.1. The summed E-state index contributed by atoms with van der Waals surface area (Å²) < 4.78 is 0. The number of carbonyl (C=O) groups is 1. The van der Waals surface area contributed by atoms with Crippen molar-refractivity contribution in [2.45, 2.75) is 18.1 Å². The number of aryl methyl sites for hydroxylation is 1. The first-order valence-corrected chi connectivity index (χ1v) is 11.1. The Hall–Kier alpha value is -2.90. The maximum Gasteiger partial charge on any atom is 0.231 e. The predicted octanol–water partition coefficient (Wildman–Crippen LogP) is 4.84. The molecule has 0 saturated carbocycles. The minimum Gasteiger partial charge on any atom is -0.344 e. The maximum absolute atomic E-state index is 12.6. The zero-order valence-electron chi connectivity index (χ0n) is 15.8. The van der Waals surface area contributed by atoms with E-state index in [0.29, 0.717) is 11.0 Å². The van der Waals surface area contributed by atoms with E-state index in [1.54, 1.807) is 11.3 Å². The summed E-state index contributed by atoms with van der Waals surface area (Å²) in [5, 5.41) is 12.9. The fourth-order valence-electron chi connectivity index (χ4n) is 2.90. The highest BCUT2D eigenvalue weighted by atomic mass is 32.2. The van der Waals surface area contributed by atoms with Crippen LogP contribution < -0.4 is 5.32 Å². The molecule has 7 heteroatoms. The van der Waals surface area contributed by atoms with Gasteiger partial charge in [-0.25, -0.2) is 4.98 Å². The van der Waals surface area contributed by atoms with Crippen LogP contribution in [0.1, 0.15) is 22.0 Å². The van der Waals surface area contributed by atoms with Crippen molar-refractivity contribution in [1.82, 2.24) is 20.5 Å². The molecule has 1 atom stereocenters. The van der Waals surface area contributed by atoms with Crippen LogP contribution in [0.3, 0.4) is 0 Å². The minimum absolute atomic E-state index is 0.0565. The Morgan fingerprint density at radius 1 is 1.10 bits per heavy atom. The van der Waals surface area contributed by atoms with Crippen LogP contribution in [0, 0.1) is 6.92 Å². The molecule has 4 aromatic rings. The van der Waals surface area contributed by atoms with Gasteiger partial charge in [0.25, 0.3) is 0 Å². The molecule has 1 unspecified atom stereocenters. The van der Waals surface area contributed by atoms with Gasteiger partial charge in [0, 0.05) is 10.4 Å². The number of nitrogens with one attached hydrogen (secondary N) is 2. The van der Waals surface area contributed by atoms with E-state index in [9.17, 15) is 4.79 Å². The number of rotatable bonds is 7. The molecule has 2 N–H and O–H groups in total. The van der Waals surface area contributed by atoms with E-state index in [1.165, 1.54) is 17.3 Å². The topological polar surface area (TPSA) is 70.7 Å². The third-order valence-corrected chi connectivity index (χ3v) is 6.17. The molecule has 0 aliphatic rings. The van der Waals surface area contributed by atoms with E-state index in [0.717, 1.165) is 16.0 Å². The van der Waals surface area contributed by atoms with E-state index in [4.69, 9.17) is 0 Å². The lowest BCUT2D eigenvalue weighted by Gasteiger charge is -2.17. The van der Waals surface area contributed by atoms with Crippen LogP contribution in [-0.4, -0.2) is 26.8 Å². The lowest BCUT2D eigenvalue weighted by molar-refractivity contribution is -0.119. The molecule has 0 fully saturated rings. The molecule has 1 amide bonds. The number of thioether (sulfide) groups is 1. The molecule has 0 radical (unpaired) electrons. The summed E-state index contributed by atoms with van der Waals surface area (Å²) in [5.41, 5.74) is 3.23. The van der Waals surface area contributed by atoms with Gasteiger partial charge in [-0.1, -0.05) is 78.0 Å². The third kappa shape index (κ3) is 4.93. The van der Waals surface area contributed by atoms with Crippen molar-refractivity contribution in [3.05, 3.63) is 88.1 Å². The first-order chi connectivity index (χ1) is 14.2. The zero-order chi connectivity index (χ0) is 20.1. The van der Waals surface area contributed by atoms with Crippen LogP contribution in [0.2, 0.25) is 0 Å². The van der Waals surface area contributed by atoms with Gasteiger partial charge < -0.3 is 5.32 Å². The van der Waals surface area contributed by atoms with Crippen LogP contribution in [0.4, 0.5) is 0 Å². The number of carbonyl (C=O) groups excluding carboxylic acids is 1. The van der Waals surface area contributed by atoms with Gasteiger partial charge in [0.15, 0.2) is 5.82 Å². The number of amides is 1. The van der Waals surface area contributed by atoms with Gasteiger partial charge >= 0.3 is 0 Å². The standard InChI is InChI=1S/C22H20N4OS2/c1-15-9-11-17(12-10-15)21-24-22(26-25-21)29-14-19(27)23-20(18-8-5-13-28-18)16-6-3-2-4-7-16/h2-13,20H,14H2,1H3,(H,23,27)(H,24,25,26). The summed E-state index contributed by atoms with van der Waals surface area (Å²) in [6, 6.07) is 22.0. The van der Waals surface area contributed by atoms with E-state index in [-0.39, 0.29) is 17.7 Å². The zero-order valence-corrected chi connectivity index (χ0v) is 17.5. The van der Waals surface area contributed by atoms with Crippen molar-refractivity contribution in [2.75, 3.05) is 5.75 Å². The highest BCUT2D eigenvalue weighted by Crippen LogP contribution is 2.26. The minimum atomic E-state index is -0.153. The van der Waals surface area contributed by atoms with Crippen molar-refractivity contribution >= 4 is 29.0 Å². The highest BCUT2D eigenvalue weighted by Gasteiger charge is 2.18. The Balaban J connectivity index is 1.40. The largest absolute Gasteiger partial charge is 0.344 e. The number of hydrogen-bond acceptors (Lipinski definition) is 5. The molecule has 29 heavy (non-hydrogen) atoms. The van der Waals surface area contributed by atoms with Crippen LogP contribution in [-0.2, 0) is 4.79 Å². The summed E-state index contributed by atoms with van der Waals surface area (Å²) >= 11 is 2.95. The number of thiophene rings is 1. The number of aromatic amines is 1. The first kappa shape index (κ1) is 19.4. The predicted molar refractivity (Wildman–Crippen MR) is 118 cm³/mol. The highest BCUT2D eigenvalue weighted by molar-refractivity contribution is 7.99. The lowest BCUT2D eigenvalue weighted by Crippen LogP contribution is -2.30. The van der Waals surface area contributed by atoms with E-state index in [1.807, 2.05) is 79.0 Å². The fraction of sp³-hybridized carbons (Fsp3) is 0.136. The molecule has 2 aromatic carbocycles. The van der Waals surface area contributed by atoms with Crippen LogP contribution >= 0.6 is 23.1 Å². The molecule has 5 nitrogen and oxygen atoms in total. The smallest absolute Gasteiger partial charge is 0.231 e. The van der Waals surface area contributed by atoms with Gasteiger partial charge in [0.2, 0.25) is 11.1 Å². The van der Waals surface area contributed by atoms with Gasteiger partial charge in [-0.15, -0.1) is 16.4 Å². The second-order valence-electron chi connectivity index (χ2n) is 6.55. The Morgan fingerprint density at radius 3 is 2.62 bits per heavy atom. The number of nitrogens with zero attached hydrogens (tertiary/aromatic N) is 2. The summed E-state index contributed by atoms with van der Waals surface area (Å²) in [7, 11) is 0. The molecule has 0 aliphatic carbocycles. The second-order valence-corrected chi connectivity index (χ2v) is 8.47. The van der Waals surface area contributed by atoms with Crippen molar-refractivity contribution in [1.29, 1.82) is 0 Å². The normalized spacial score (nSPS) is 11.9. The molecular formula is C22H20N4OS2. The number of aromatic nitrogens is 3. The van der Waals surface area contributed by atoms with E-state index in [2.05, 4.69) is 20.5 Å². The monoisotopic (exact) mass is 420 g/mol. The second kappa shape index (κ2) is 9.07. The molecule has 0 saturated heterocycles. The van der Waals surface area contributed by atoms with E-state index < -0.39 is 0 Å². The van der Waals surface area contributed by atoms with Crippen LogP contribution in [0.15, 0.2) is 77.3 Å². The van der Waals surface area contributed by atoms with Crippen molar-refractivity contribution < 1.29 is 4.79 Å². The Bertz CT molecular complexity index is 1060. The van der Waals surface area contributed by atoms with Gasteiger partial charge in [-0.3, -0.25) is 9.89 Å². The number of benzene rings is 2. The average molecular weight is 421 g/mol. The molecule has 146 valence electrons. The van der Waals surface area contributed by atoms with Gasteiger partial charge in [0.1, 0.15) is 0 Å². The average Bonchev–Trinajstić information content (AvgIpc) is 3.44. The summed E-state index contributed by atoms with van der Waals surface area (Å²) in [6.07, 6.45) is 0. The van der Waals surface area contributed by atoms with Gasteiger partial charge in [-0.05, 0) is 23.9 Å². The Labute approximate surface area is 177 Å². The first-order valence-electron chi connectivity index (χ1n) is 9.19. The summed E-state index contributed by atoms with van der Waals surface area (Å²) in [6.45, 7) is 2.04. The third-order valence-electron chi connectivity index (χ3n) is 4.39. The van der Waals surface area contributed by atoms with Crippen molar-refractivity contribution in [3.63, 3.8) is 0 Å². The van der Waals surface area contributed by atoms with Crippen molar-refractivity contribution in [2.24, 2.45) is 0 Å². The molecule has 4 rings (SSSR count). The molecule has 0 spiro atoms. The molecule has 0 bridgehead atoms. The van der Waals surface area contributed by atoms with Gasteiger partial charge in [-0.2, -0.15) is 0 Å². The molecule has 2 aromatic heterocycles. The van der Waals surface area contributed by atoms with Crippen LogP contribution in [0.25, 0.3) is 11.4 Å². The van der Waals surface area contributed by atoms with Gasteiger partial charge in [0.05, 0.1) is 11.8 Å². The summed E-state index contributed by atoms with van der Waals surface area (Å²) in [4.78, 5) is 18.2. The molecule has 2 heterocycles. The molecule has 0 aliphatic heterocycles. The fourth-order valence-corrected chi connectivity index (χ4v) is 4.32. The van der Waals surface area contributed by atoms with Crippen LogP contribution in [0.5, 0.6) is 0 Å². The Morgan fingerprint density at radius 2 is 1.90 bits per heavy atom. The SMILES string of the molecule is Cc1ccc(-c2nc(SCC(=O)NC(c3ccccc3)c3cccs3)n[nH]2)cc1. The van der Waals surface area contributed by atoms with Crippen molar-refractivity contribution in [3.8, 4) is 11.4 Å².